The molecule has 0 aromatic heterocycles. The van der Waals surface area contributed by atoms with Crippen LogP contribution in [0.15, 0.2) is 0 Å². The summed E-state index contributed by atoms with van der Waals surface area (Å²) in [5, 5.41) is 3.12. The third-order valence-electron chi connectivity index (χ3n) is 2.37. The van der Waals surface area contributed by atoms with Crippen molar-refractivity contribution < 1.29 is 13.2 Å². The monoisotopic (exact) mass is 251 g/mol. The number of piperazine rings is 1. The fourth-order valence-electron chi connectivity index (χ4n) is 1.50. The first-order valence-corrected chi connectivity index (χ1v) is 7.14. The molecule has 0 unspecified atom stereocenters. The predicted molar refractivity (Wildman–Crippen MR) is 62.5 cm³/mol. The molecule has 6 nitrogen and oxygen atoms in total. The van der Waals surface area contributed by atoms with Gasteiger partial charge in [0.2, 0.25) is 0 Å². The van der Waals surface area contributed by atoms with E-state index >= 15 is 0 Å². The largest absolute Gasteiger partial charge is 0.382 e. The molecule has 0 aromatic carbocycles. The summed E-state index contributed by atoms with van der Waals surface area (Å²) in [7, 11) is -3.28. The van der Waals surface area contributed by atoms with Crippen molar-refractivity contribution in [3.8, 4) is 0 Å². The topological polar surface area (TPSA) is 70.7 Å². The summed E-state index contributed by atoms with van der Waals surface area (Å²) in [5.41, 5.74) is 0. The van der Waals surface area contributed by atoms with E-state index in [1.165, 1.54) is 4.31 Å². The number of rotatable bonds is 7. The van der Waals surface area contributed by atoms with Crippen LogP contribution in [0.1, 0.15) is 13.3 Å². The van der Waals surface area contributed by atoms with E-state index in [1.54, 1.807) is 0 Å². The Morgan fingerprint density at radius 3 is 2.69 bits per heavy atom. The molecule has 1 aliphatic rings. The normalized spacial score (nSPS) is 18.8. The molecule has 1 fully saturated rings. The number of nitrogens with zero attached hydrogens (tertiary/aromatic N) is 1. The quantitative estimate of drug-likeness (QED) is 0.578. The van der Waals surface area contributed by atoms with Crippen LogP contribution in [0.3, 0.4) is 0 Å². The first-order chi connectivity index (χ1) is 7.67. The lowest BCUT2D eigenvalue weighted by molar-refractivity contribution is 0.146. The van der Waals surface area contributed by atoms with Crippen molar-refractivity contribution in [1.82, 2.24) is 14.3 Å². The number of hydrogen-bond donors (Lipinski definition) is 2. The Hall–Kier alpha value is -0.210. The fourth-order valence-corrected chi connectivity index (χ4v) is 2.74. The SMILES string of the molecule is CCOCCCNS(=O)(=O)N1CCNCC1. The number of ether oxygens (including phenoxy) is 1. The second kappa shape index (κ2) is 7.18. The molecule has 0 bridgehead atoms. The zero-order chi connectivity index (χ0) is 11.9. The van der Waals surface area contributed by atoms with E-state index in [0.29, 0.717) is 39.3 Å². The van der Waals surface area contributed by atoms with Crippen LogP contribution in [0.4, 0.5) is 0 Å². The lowest BCUT2D eigenvalue weighted by Crippen LogP contribution is -2.50. The highest BCUT2D eigenvalue weighted by atomic mass is 32.2. The third-order valence-corrected chi connectivity index (χ3v) is 3.98. The summed E-state index contributed by atoms with van der Waals surface area (Å²) < 4.78 is 32.7. The van der Waals surface area contributed by atoms with Gasteiger partial charge in [0.1, 0.15) is 0 Å². The molecule has 1 aliphatic heterocycles. The highest BCUT2D eigenvalue weighted by Gasteiger charge is 2.22. The van der Waals surface area contributed by atoms with Crippen LogP contribution >= 0.6 is 0 Å². The van der Waals surface area contributed by atoms with E-state index in [-0.39, 0.29) is 0 Å². The molecular weight excluding hydrogens is 230 g/mol. The van der Waals surface area contributed by atoms with E-state index in [9.17, 15) is 8.42 Å². The number of nitrogens with one attached hydrogen (secondary N) is 2. The minimum Gasteiger partial charge on any atom is -0.382 e. The summed E-state index contributed by atoms with van der Waals surface area (Å²) >= 11 is 0. The van der Waals surface area contributed by atoms with E-state index in [1.807, 2.05) is 6.92 Å². The molecule has 7 heteroatoms. The second-order valence-corrected chi connectivity index (χ2v) is 5.35. The highest BCUT2D eigenvalue weighted by molar-refractivity contribution is 7.87. The lowest BCUT2D eigenvalue weighted by Gasteiger charge is -2.26. The van der Waals surface area contributed by atoms with Crippen molar-refractivity contribution >= 4 is 10.2 Å². The molecule has 0 spiro atoms. The van der Waals surface area contributed by atoms with E-state index in [4.69, 9.17) is 4.74 Å². The van der Waals surface area contributed by atoms with Gasteiger partial charge in [0, 0.05) is 45.9 Å². The van der Waals surface area contributed by atoms with Crippen molar-refractivity contribution in [3.05, 3.63) is 0 Å². The minimum atomic E-state index is -3.28. The van der Waals surface area contributed by atoms with Gasteiger partial charge in [-0.05, 0) is 13.3 Å². The third kappa shape index (κ3) is 4.75. The Morgan fingerprint density at radius 1 is 1.38 bits per heavy atom. The maximum absolute atomic E-state index is 11.8. The van der Waals surface area contributed by atoms with Crippen LogP contribution in [-0.2, 0) is 14.9 Å². The molecule has 0 aromatic rings. The second-order valence-electron chi connectivity index (χ2n) is 3.60. The zero-order valence-corrected chi connectivity index (χ0v) is 10.6. The lowest BCUT2D eigenvalue weighted by atomic mass is 10.4. The van der Waals surface area contributed by atoms with Gasteiger partial charge < -0.3 is 10.1 Å². The van der Waals surface area contributed by atoms with Gasteiger partial charge in [-0.15, -0.1) is 0 Å². The Bertz CT molecular complexity index is 276. The Balaban J connectivity index is 2.22. The minimum absolute atomic E-state index is 0.437. The summed E-state index contributed by atoms with van der Waals surface area (Å²) in [6.07, 6.45) is 0.708. The standard InChI is InChI=1S/C9H21N3O3S/c1-2-15-9-3-4-11-16(13,14)12-7-5-10-6-8-12/h10-11H,2-9H2,1H3. The Morgan fingerprint density at radius 2 is 2.06 bits per heavy atom. The van der Waals surface area contributed by atoms with Crippen molar-refractivity contribution in [2.75, 3.05) is 45.9 Å². The summed E-state index contributed by atoms with van der Waals surface area (Å²) in [6, 6.07) is 0. The first kappa shape index (κ1) is 13.9. The molecule has 0 aliphatic carbocycles. The molecular formula is C9H21N3O3S. The van der Waals surface area contributed by atoms with Crippen LogP contribution in [0.25, 0.3) is 0 Å². The van der Waals surface area contributed by atoms with Gasteiger partial charge in [-0.3, -0.25) is 0 Å². The van der Waals surface area contributed by atoms with Crippen LogP contribution in [0.5, 0.6) is 0 Å². The Labute approximate surface area is 97.5 Å². The van der Waals surface area contributed by atoms with Crippen molar-refractivity contribution in [2.45, 2.75) is 13.3 Å². The van der Waals surface area contributed by atoms with Gasteiger partial charge >= 0.3 is 0 Å². The maximum Gasteiger partial charge on any atom is 0.279 e. The summed E-state index contributed by atoms with van der Waals surface area (Å²) in [4.78, 5) is 0. The smallest absolute Gasteiger partial charge is 0.279 e. The molecule has 0 saturated carbocycles. The van der Waals surface area contributed by atoms with Crippen molar-refractivity contribution in [3.63, 3.8) is 0 Å². The van der Waals surface area contributed by atoms with Gasteiger partial charge in [0.15, 0.2) is 0 Å². The average Bonchev–Trinajstić information content (AvgIpc) is 2.30. The van der Waals surface area contributed by atoms with Crippen LogP contribution < -0.4 is 10.0 Å². The molecule has 96 valence electrons. The van der Waals surface area contributed by atoms with Gasteiger partial charge in [0.05, 0.1) is 0 Å². The molecule has 2 N–H and O–H groups in total. The molecule has 1 heterocycles. The van der Waals surface area contributed by atoms with Crippen LogP contribution in [0, 0.1) is 0 Å². The van der Waals surface area contributed by atoms with Gasteiger partial charge in [-0.1, -0.05) is 0 Å². The van der Waals surface area contributed by atoms with Gasteiger partial charge in [0.25, 0.3) is 10.2 Å². The van der Waals surface area contributed by atoms with E-state index in [2.05, 4.69) is 10.0 Å². The van der Waals surface area contributed by atoms with Crippen molar-refractivity contribution in [2.24, 2.45) is 0 Å². The van der Waals surface area contributed by atoms with Crippen LogP contribution in [-0.4, -0.2) is 58.7 Å². The molecule has 1 saturated heterocycles. The molecule has 1 rings (SSSR count). The predicted octanol–water partition coefficient (Wildman–Crippen LogP) is -0.847. The summed E-state index contributed by atoms with van der Waals surface area (Å²) in [6.45, 7) is 6.16. The van der Waals surface area contributed by atoms with Crippen molar-refractivity contribution in [1.29, 1.82) is 0 Å². The average molecular weight is 251 g/mol. The number of hydrogen-bond acceptors (Lipinski definition) is 4. The van der Waals surface area contributed by atoms with E-state index in [0.717, 1.165) is 13.1 Å². The van der Waals surface area contributed by atoms with Gasteiger partial charge in [-0.25, -0.2) is 4.72 Å². The van der Waals surface area contributed by atoms with Gasteiger partial charge in [-0.2, -0.15) is 12.7 Å². The molecule has 16 heavy (non-hydrogen) atoms. The zero-order valence-electron chi connectivity index (χ0n) is 9.74. The Kier molecular flexibility index (Phi) is 6.22. The maximum atomic E-state index is 11.8. The molecule has 0 amide bonds. The molecule has 0 radical (unpaired) electrons. The highest BCUT2D eigenvalue weighted by Crippen LogP contribution is 1.99. The van der Waals surface area contributed by atoms with Crippen LogP contribution in [0.2, 0.25) is 0 Å². The van der Waals surface area contributed by atoms with E-state index < -0.39 is 10.2 Å². The molecule has 0 atom stereocenters. The fraction of sp³-hybridized carbons (Fsp3) is 1.00. The summed E-state index contributed by atoms with van der Waals surface area (Å²) in [5.74, 6) is 0. The first-order valence-electron chi connectivity index (χ1n) is 5.70.